The van der Waals surface area contributed by atoms with Crippen molar-refractivity contribution in [2.75, 3.05) is 23.3 Å². The fourth-order valence-corrected chi connectivity index (χ4v) is 2.36. The van der Waals surface area contributed by atoms with Crippen LogP contribution >= 0.6 is 0 Å². The van der Waals surface area contributed by atoms with Crippen LogP contribution in [0, 0.1) is 13.8 Å². The number of anilines is 2. The number of aryl methyl sites for hydroxylation is 2. The van der Waals surface area contributed by atoms with Gasteiger partial charge in [0.2, 0.25) is 5.96 Å². The molecule has 0 saturated carbocycles. The number of guanidine groups is 1. The van der Waals surface area contributed by atoms with Crippen LogP contribution in [0.2, 0.25) is 0 Å². The highest BCUT2D eigenvalue weighted by atomic mass is 15.3. The first-order valence-electron chi connectivity index (χ1n) is 7.86. The Morgan fingerprint density at radius 3 is 2.32 bits per heavy atom. The minimum absolute atomic E-state index is 0.747. The Balaban J connectivity index is 2.28. The van der Waals surface area contributed by atoms with Gasteiger partial charge in [-0.05, 0) is 57.5 Å². The lowest BCUT2D eigenvalue weighted by molar-refractivity contribution is 1.02. The van der Waals surface area contributed by atoms with Crippen molar-refractivity contribution >= 4 is 17.3 Å². The largest absolute Gasteiger partial charge is 0.326 e. The second-order valence-electron chi connectivity index (χ2n) is 5.37. The van der Waals surface area contributed by atoms with Crippen LogP contribution in [0.3, 0.4) is 0 Å². The van der Waals surface area contributed by atoms with Crippen LogP contribution in [0.25, 0.3) is 0 Å². The van der Waals surface area contributed by atoms with Crippen LogP contribution in [0.5, 0.6) is 0 Å². The van der Waals surface area contributed by atoms with Gasteiger partial charge in [-0.1, -0.05) is 29.8 Å². The van der Waals surface area contributed by atoms with Crippen LogP contribution < -0.4 is 10.2 Å². The van der Waals surface area contributed by atoms with Crippen molar-refractivity contribution in [2.24, 2.45) is 4.99 Å². The average molecular weight is 295 g/mol. The van der Waals surface area contributed by atoms with E-state index in [4.69, 9.17) is 0 Å². The van der Waals surface area contributed by atoms with Gasteiger partial charge >= 0.3 is 0 Å². The van der Waals surface area contributed by atoms with E-state index in [0.29, 0.717) is 0 Å². The van der Waals surface area contributed by atoms with Crippen LogP contribution in [0.15, 0.2) is 53.5 Å². The van der Waals surface area contributed by atoms with Crippen molar-refractivity contribution in [2.45, 2.75) is 27.7 Å². The molecule has 0 fully saturated rings. The lowest BCUT2D eigenvalue weighted by Gasteiger charge is -2.26. The number of hydrogen-bond acceptors (Lipinski definition) is 1. The summed E-state index contributed by atoms with van der Waals surface area (Å²) in [5, 5.41) is 3.45. The molecular formula is C19H25N3. The predicted octanol–water partition coefficient (Wildman–Crippen LogP) is 4.62. The average Bonchev–Trinajstić information content (AvgIpc) is 2.50. The summed E-state index contributed by atoms with van der Waals surface area (Å²) in [4.78, 5) is 6.86. The van der Waals surface area contributed by atoms with E-state index in [2.05, 4.69) is 91.4 Å². The SMILES string of the molecule is CCN=C(Nc1ccc(C)cc1)N(CC)c1cccc(C)c1. The van der Waals surface area contributed by atoms with E-state index in [0.717, 1.165) is 30.4 Å². The minimum Gasteiger partial charge on any atom is -0.326 e. The Hall–Kier alpha value is -2.29. The van der Waals surface area contributed by atoms with Crippen molar-refractivity contribution in [1.82, 2.24) is 0 Å². The maximum atomic E-state index is 4.65. The third kappa shape index (κ3) is 4.10. The van der Waals surface area contributed by atoms with Crippen molar-refractivity contribution in [3.8, 4) is 0 Å². The fourth-order valence-electron chi connectivity index (χ4n) is 2.36. The maximum absolute atomic E-state index is 4.65. The molecule has 3 heteroatoms. The highest BCUT2D eigenvalue weighted by Crippen LogP contribution is 2.18. The molecule has 2 aromatic rings. The molecule has 0 spiro atoms. The molecule has 2 aromatic carbocycles. The Labute approximate surface area is 133 Å². The van der Waals surface area contributed by atoms with E-state index in [-0.39, 0.29) is 0 Å². The minimum atomic E-state index is 0.747. The molecule has 0 bridgehead atoms. The number of nitrogens with one attached hydrogen (secondary N) is 1. The molecule has 0 unspecified atom stereocenters. The molecule has 1 N–H and O–H groups in total. The van der Waals surface area contributed by atoms with Crippen LogP contribution in [0.1, 0.15) is 25.0 Å². The van der Waals surface area contributed by atoms with Crippen molar-refractivity contribution < 1.29 is 0 Å². The monoisotopic (exact) mass is 295 g/mol. The molecule has 22 heavy (non-hydrogen) atoms. The number of aliphatic imine (C=N–C) groups is 1. The van der Waals surface area contributed by atoms with Gasteiger partial charge in [0.25, 0.3) is 0 Å². The third-order valence-electron chi connectivity index (χ3n) is 3.50. The summed E-state index contributed by atoms with van der Waals surface area (Å²) in [6.07, 6.45) is 0. The van der Waals surface area contributed by atoms with Gasteiger partial charge in [0.15, 0.2) is 0 Å². The standard InChI is InChI=1S/C19H25N3/c1-5-20-19(21-17-12-10-15(3)11-13-17)22(6-2)18-9-7-8-16(4)14-18/h7-14H,5-6H2,1-4H3,(H,20,21). The van der Waals surface area contributed by atoms with Gasteiger partial charge in [-0.2, -0.15) is 0 Å². The smallest absolute Gasteiger partial charge is 0.203 e. The first-order valence-corrected chi connectivity index (χ1v) is 7.86. The topological polar surface area (TPSA) is 27.6 Å². The second-order valence-corrected chi connectivity index (χ2v) is 5.37. The Kier molecular flexibility index (Phi) is 5.59. The van der Waals surface area contributed by atoms with E-state index in [9.17, 15) is 0 Å². The van der Waals surface area contributed by atoms with Crippen LogP contribution in [-0.4, -0.2) is 19.0 Å². The van der Waals surface area contributed by atoms with Gasteiger partial charge in [0.05, 0.1) is 0 Å². The number of nitrogens with zero attached hydrogens (tertiary/aromatic N) is 2. The zero-order valence-corrected chi connectivity index (χ0v) is 13.9. The van der Waals surface area contributed by atoms with Crippen LogP contribution in [-0.2, 0) is 0 Å². The summed E-state index contributed by atoms with van der Waals surface area (Å²) in [7, 11) is 0. The van der Waals surface area contributed by atoms with Gasteiger partial charge in [-0.15, -0.1) is 0 Å². The lowest BCUT2D eigenvalue weighted by Crippen LogP contribution is -2.36. The molecule has 0 aliphatic carbocycles. The fraction of sp³-hybridized carbons (Fsp3) is 0.316. The number of rotatable bonds is 4. The van der Waals surface area contributed by atoms with Crippen molar-refractivity contribution in [1.29, 1.82) is 0 Å². The molecule has 116 valence electrons. The first-order chi connectivity index (χ1) is 10.6. The molecule has 0 aliphatic rings. The quantitative estimate of drug-likeness (QED) is 0.658. The van der Waals surface area contributed by atoms with Crippen LogP contribution in [0.4, 0.5) is 11.4 Å². The molecule has 0 amide bonds. The summed E-state index contributed by atoms with van der Waals surface area (Å²) in [6.45, 7) is 10.0. The normalized spacial score (nSPS) is 11.4. The summed E-state index contributed by atoms with van der Waals surface area (Å²) in [6, 6.07) is 16.9. The Bertz CT molecular complexity index is 629. The summed E-state index contributed by atoms with van der Waals surface area (Å²) in [5.74, 6) is 0.888. The van der Waals surface area contributed by atoms with Gasteiger partial charge in [0.1, 0.15) is 0 Å². The van der Waals surface area contributed by atoms with Crippen molar-refractivity contribution in [3.05, 3.63) is 59.7 Å². The molecule has 2 rings (SSSR count). The van der Waals surface area contributed by atoms with E-state index < -0.39 is 0 Å². The molecule has 3 nitrogen and oxygen atoms in total. The third-order valence-corrected chi connectivity index (χ3v) is 3.50. The van der Waals surface area contributed by atoms with E-state index >= 15 is 0 Å². The Morgan fingerprint density at radius 1 is 1.00 bits per heavy atom. The second kappa shape index (κ2) is 7.64. The molecular weight excluding hydrogens is 270 g/mol. The van der Waals surface area contributed by atoms with Crippen molar-refractivity contribution in [3.63, 3.8) is 0 Å². The molecule has 0 aromatic heterocycles. The Morgan fingerprint density at radius 2 is 1.73 bits per heavy atom. The predicted molar refractivity (Wildman–Crippen MR) is 97.0 cm³/mol. The molecule has 0 saturated heterocycles. The molecule has 0 heterocycles. The van der Waals surface area contributed by atoms with E-state index in [1.807, 2.05) is 0 Å². The summed E-state index contributed by atoms with van der Waals surface area (Å²) in [5.41, 5.74) is 4.73. The van der Waals surface area contributed by atoms with Gasteiger partial charge in [-0.25, -0.2) is 0 Å². The highest BCUT2D eigenvalue weighted by molar-refractivity contribution is 6.05. The molecule has 0 atom stereocenters. The lowest BCUT2D eigenvalue weighted by atomic mass is 10.2. The van der Waals surface area contributed by atoms with Gasteiger partial charge < -0.3 is 10.2 Å². The van der Waals surface area contributed by atoms with E-state index in [1.54, 1.807) is 0 Å². The maximum Gasteiger partial charge on any atom is 0.203 e. The van der Waals surface area contributed by atoms with Gasteiger partial charge in [-0.3, -0.25) is 4.99 Å². The number of benzene rings is 2. The zero-order valence-electron chi connectivity index (χ0n) is 13.9. The number of hydrogen-bond donors (Lipinski definition) is 1. The summed E-state index contributed by atoms with van der Waals surface area (Å²) >= 11 is 0. The summed E-state index contributed by atoms with van der Waals surface area (Å²) < 4.78 is 0. The zero-order chi connectivity index (χ0) is 15.9. The first kappa shape index (κ1) is 16.1. The van der Waals surface area contributed by atoms with Gasteiger partial charge in [0, 0.05) is 24.5 Å². The molecule has 0 aliphatic heterocycles. The van der Waals surface area contributed by atoms with E-state index in [1.165, 1.54) is 11.1 Å². The molecule has 0 radical (unpaired) electrons. The highest BCUT2D eigenvalue weighted by Gasteiger charge is 2.12.